The molecule has 9 heteroatoms. The van der Waals surface area contributed by atoms with Crippen LogP contribution in [-0.4, -0.2) is 51.4 Å². The van der Waals surface area contributed by atoms with Gasteiger partial charge >= 0.3 is 88.1 Å². The standard InChI is InChI=1S/6FH.K.Zn.Zr.H/h6*1H;;;;/q;;;;;;;;+6;/p-6. The van der Waals surface area contributed by atoms with E-state index in [1.165, 1.54) is 0 Å². The molecule has 0 fully saturated rings. The van der Waals surface area contributed by atoms with Gasteiger partial charge in [0, 0.05) is 19.5 Å². The molecule has 0 aromatic heterocycles. The minimum Gasteiger partial charge on any atom is 0 e. The fourth-order valence-corrected chi connectivity index (χ4v) is 0. The van der Waals surface area contributed by atoms with Crippen LogP contribution in [0.25, 0.3) is 0 Å². The van der Waals surface area contributed by atoms with Crippen molar-refractivity contribution in [3.63, 3.8) is 0 Å². The maximum atomic E-state index is 9.93. The van der Waals surface area contributed by atoms with Crippen molar-refractivity contribution in [1.82, 2.24) is 0 Å². The molecule has 0 aliphatic heterocycles. The van der Waals surface area contributed by atoms with Crippen molar-refractivity contribution in [1.29, 1.82) is 0 Å². The van der Waals surface area contributed by atoms with E-state index in [1.54, 1.807) is 0 Å². The van der Waals surface area contributed by atoms with Crippen molar-refractivity contribution < 1.29 is 56.2 Å². The molecular weight excluding hydrogens is 310 g/mol. The van der Waals surface area contributed by atoms with Crippen molar-refractivity contribution in [3.05, 3.63) is 0 Å². The average Bonchev–Trinajstić information content (AvgIpc) is 0.592. The molecule has 0 spiro atoms. The van der Waals surface area contributed by atoms with E-state index in [0.29, 0.717) is 0 Å². The van der Waals surface area contributed by atoms with Crippen LogP contribution in [0.5, 0.6) is 0 Å². The molecule has 0 rings (SSSR count). The predicted octanol–water partition coefficient (Wildman–Crippen LogP) is 1.87. The van der Waals surface area contributed by atoms with Gasteiger partial charge in [-0.15, -0.1) is 0 Å². The molecule has 0 saturated carbocycles. The predicted molar refractivity (Wildman–Crippen MR) is 13.8 cm³/mol. The van der Waals surface area contributed by atoms with Crippen molar-refractivity contribution in [2.24, 2.45) is 0 Å². The zero-order valence-electron chi connectivity index (χ0n) is 3.47. The summed E-state index contributed by atoms with van der Waals surface area (Å²) in [5.41, 5.74) is 0. The SMILES string of the molecule is [F][Zr]([F])([F])([F])([F])[F].[KH].[Zn]. The summed E-state index contributed by atoms with van der Waals surface area (Å²) >= 11 is -11.3. The first-order chi connectivity index (χ1) is 2.45. The first-order valence-electron chi connectivity index (χ1n) is 1.13. The Morgan fingerprint density at radius 3 is 0.667 bits per heavy atom. The molecule has 0 bridgehead atoms. The van der Waals surface area contributed by atoms with Crippen molar-refractivity contribution in [2.75, 3.05) is 0 Å². The molecule has 0 aromatic carbocycles. The Morgan fingerprint density at radius 1 is 0.667 bits per heavy atom. The van der Waals surface area contributed by atoms with Gasteiger partial charge < -0.3 is 0 Å². The van der Waals surface area contributed by atoms with Gasteiger partial charge in [0.1, 0.15) is 0 Å². The maximum absolute atomic E-state index is 11.3. The summed E-state index contributed by atoms with van der Waals surface area (Å²) in [6.07, 6.45) is 0. The number of hydrogen-bond acceptors (Lipinski definition) is 0. The first kappa shape index (κ1) is 17.7. The molecule has 0 amide bonds. The van der Waals surface area contributed by atoms with E-state index in [0.717, 1.165) is 0 Å². The Hall–Kier alpha value is 2.72. The normalized spacial score (nSPS) is 18.0. The Bertz CT molecular complexity index is 71.6. The van der Waals surface area contributed by atoms with Gasteiger partial charge in [-0.1, -0.05) is 0 Å². The van der Waals surface area contributed by atoms with Gasteiger partial charge in [-0.3, -0.25) is 0 Å². The summed E-state index contributed by atoms with van der Waals surface area (Å²) in [6.45, 7) is 0. The Kier molecular flexibility index (Phi) is 6.35. The second kappa shape index (κ2) is 3.23. The third kappa shape index (κ3) is 110. The summed E-state index contributed by atoms with van der Waals surface area (Å²) in [4.78, 5) is 0. The van der Waals surface area contributed by atoms with E-state index in [2.05, 4.69) is 0 Å². The monoisotopic (exact) mass is 308 g/mol. The fourth-order valence-electron chi connectivity index (χ4n) is 0. The number of halogens is 6. The zero-order valence-corrected chi connectivity index (χ0v) is 8.90. The number of rotatable bonds is 0. The maximum Gasteiger partial charge on any atom is 0 e. The second-order valence-corrected chi connectivity index (χ2v) is 6.34. The van der Waals surface area contributed by atoms with Crippen LogP contribution in [0.15, 0.2) is 0 Å². The van der Waals surface area contributed by atoms with E-state index in [4.69, 9.17) is 0 Å². The van der Waals surface area contributed by atoms with Crippen LogP contribution >= 0.6 is 0 Å². The van der Waals surface area contributed by atoms with Gasteiger partial charge in [0.25, 0.3) is 0 Å². The van der Waals surface area contributed by atoms with Crippen LogP contribution in [0, 0.1) is 0 Å². The first-order valence-corrected chi connectivity index (χ1v) is 6.71. The van der Waals surface area contributed by atoms with E-state index < -0.39 is 21.0 Å². The topological polar surface area (TPSA) is 0 Å². The summed E-state index contributed by atoms with van der Waals surface area (Å²) in [6, 6.07) is 0. The van der Waals surface area contributed by atoms with Crippen LogP contribution in [0.3, 0.4) is 0 Å². The Balaban J connectivity index is -0.000000180. The molecule has 0 radical (unpaired) electrons. The van der Waals surface area contributed by atoms with Gasteiger partial charge in [0.2, 0.25) is 0 Å². The molecule has 0 saturated heterocycles. The van der Waals surface area contributed by atoms with E-state index in [-0.39, 0.29) is 70.9 Å². The largest absolute Gasteiger partial charge is 0 e. The third-order valence-corrected chi connectivity index (χ3v) is 0. The quantitative estimate of drug-likeness (QED) is 0.473. The van der Waals surface area contributed by atoms with Gasteiger partial charge in [-0.2, -0.15) is 0 Å². The third-order valence-electron chi connectivity index (χ3n) is 0. The molecule has 0 nitrogen and oxygen atoms in total. The molecule has 0 unspecified atom stereocenters. The summed E-state index contributed by atoms with van der Waals surface area (Å²) in [5.74, 6) is 0. The van der Waals surface area contributed by atoms with E-state index >= 15 is 0 Å². The minimum absolute atomic E-state index is 0. The Labute approximate surface area is 105 Å². The molecule has 0 aliphatic rings. The van der Waals surface area contributed by atoms with E-state index in [9.17, 15) is 15.8 Å². The van der Waals surface area contributed by atoms with Gasteiger partial charge in [-0.25, -0.2) is 0 Å². The molecule has 0 aliphatic carbocycles. The molecule has 50 valence electrons. The molecule has 0 atom stereocenters. The smallest absolute Gasteiger partial charge is 0 e. The van der Waals surface area contributed by atoms with Crippen LogP contribution in [0.2, 0.25) is 0 Å². The van der Waals surface area contributed by atoms with Crippen LogP contribution in [-0.2, 0) is 40.4 Å². The molecule has 0 N–H and O–H groups in total. The fraction of sp³-hybridized carbons (Fsp3) is 0. The van der Waals surface area contributed by atoms with Crippen molar-refractivity contribution in [3.8, 4) is 0 Å². The van der Waals surface area contributed by atoms with Crippen molar-refractivity contribution in [2.45, 2.75) is 0 Å². The molecular formula is HF6KZnZr. The zero-order chi connectivity index (χ0) is 6.41. The van der Waals surface area contributed by atoms with E-state index in [1.807, 2.05) is 0 Å². The summed E-state index contributed by atoms with van der Waals surface area (Å²) in [5, 5.41) is 0. The molecule has 9 heavy (non-hydrogen) atoms. The van der Waals surface area contributed by atoms with Gasteiger partial charge in [0.15, 0.2) is 0 Å². The molecule has 0 aromatic rings. The summed E-state index contributed by atoms with van der Waals surface area (Å²) < 4.78 is 59.6. The van der Waals surface area contributed by atoms with Gasteiger partial charge in [0.05, 0.1) is 0 Å². The summed E-state index contributed by atoms with van der Waals surface area (Å²) in [7, 11) is 0. The second-order valence-electron chi connectivity index (χ2n) is 1.07. The van der Waals surface area contributed by atoms with Crippen molar-refractivity contribution >= 4 is 51.4 Å². The average molecular weight is 311 g/mol. The minimum atomic E-state index is -11.3. The van der Waals surface area contributed by atoms with Crippen LogP contribution in [0.4, 0.5) is 15.8 Å². The van der Waals surface area contributed by atoms with Gasteiger partial charge in [-0.05, 0) is 0 Å². The molecule has 0 heterocycles. The Morgan fingerprint density at radius 2 is 0.667 bits per heavy atom. The van der Waals surface area contributed by atoms with Crippen LogP contribution in [0.1, 0.15) is 0 Å². The number of hydrogen-bond donors (Lipinski definition) is 0. The van der Waals surface area contributed by atoms with Crippen LogP contribution < -0.4 is 0 Å².